The number of aryl methyl sites for hydroxylation is 1. The zero-order chi connectivity index (χ0) is 16.2. The highest BCUT2D eigenvalue weighted by atomic mass is 16.5. The normalized spacial score (nSPS) is 10.5. The molecule has 7 heteroatoms. The quantitative estimate of drug-likeness (QED) is 0.687. The van der Waals surface area contributed by atoms with Crippen molar-refractivity contribution in [3.05, 3.63) is 54.0 Å². The van der Waals surface area contributed by atoms with Crippen molar-refractivity contribution in [1.82, 2.24) is 25.0 Å². The summed E-state index contributed by atoms with van der Waals surface area (Å²) >= 11 is 0. The number of esters is 1. The van der Waals surface area contributed by atoms with Crippen molar-refractivity contribution in [3.8, 4) is 17.2 Å². The number of carbonyl (C=O) groups is 1. The molecular weight excluding hydrogens is 294 g/mol. The minimum absolute atomic E-state index is 0.123. The van der Waals surface area contributed by atoms with Crippen LogP contribution in [0.25, 0.3) is 17.2 Å². The average molecular weight is 309 g/mol. The van der Waals surface area contributed by atoms with E-state index in [-0.39, 0.29) is 12.3 Å². The third-order valence-electron chi connectivity index (χ3n) is 3.09. The van der Waals surface area contributed by atoms with E-state index in [9.17, 15) is 4.79 Å². The molecule has 3 aromatic rings. The number of ether oxygens (including phenoxy) is 1. The van der Waals surface area contributed by atoms with Crippen LogP contribution in [0.2, 0.25) is 0 Å². The Labute approximate surface area is 133 Å². The molecule has 0 saturated carbocycles. The Morgan fingerprint density at radius 1 is 1.22 bits per heavy atom. The minimum Gasteiger partial charge on any atom is -0.461 e. The van der Waals surface area contributed by atoms with Crippen molar-refractivity contribution in [2.45, 2.75) is 13.8 Å². The monoisotopic (exact) mass is 309 g/mol. The molecule has 7 nitrogen and oxygen atoms in total. The lowest BCUT2D eigenvalue weighted by molar-refractivity contribution is 0.0519. The minimum atomic E-state index is -0.519. The van der Waals surface area contributed by atoms with Crippen LogP contribution in [-0.2, 0) is 4.74 Å². The highest BCUT2D eigenvalue weighted by molar-refractivity contribution is 5.86. The Kier molecular flexibility index (Phi) is 4.09. The molecule has 0 aliphatic carbocycles. The van der Waals surface area contributed by atoms with E-state index >= 15 is 0 Å². The second-order valence-electron chi connectivity index (χ2n) is 4.83. The van der Waals surface area contributed by atoms with E-state index in [0.29, 0.717) is 5.95 Å². The fourth-order valence-electron chi connectivity index (χ4n) is 2.07. The van der Waals surface area contributed by atoms with Crippen LogP contribution in [0.3, 0.4) is 0 Å². The molecule has 0 atom stereocenters. The van der Waals surface area contributed by atoms with E-state index < -0.39 is 5.97 Å². The van der Waals surface area contributed by atoms with Crippen LogP contribution in [0.1, 0.15) is 23.1 Å². The largest absolute Gasteiger partial charge is 0.461 e. The van der Waals surface area contributed by atoms with Crippen molar-refractivity contribution >= 4 is 5.97 Å². The zero-order valence-corrected chi connectivity index (χ0v) is 12.8. The molecule has 0 aliphatic heterocycles. The van der Waals surface area contributed by atoms with Crippen molar-refractivity contribution < 1.29 is 9.53 Å². The molecule has 0 unspecified atom stereocenters. The van der Waals surface area contributed by atoms with Crippen molar-refractivity contribution in [1.29, 1.82) is 0 Å². The van der Waals surface area contributed by atoms with Crippen LogP contribution in [0.15, 0.2) is 42.6 Å². The molecule has 0 radical (unpaired) electrons. The maximum atomic E-state index is 11.7. The van der Waals surface area contributed by atoms with E-state index in [2.05, 4.69) is 20.3 Å². The first kappa shape index (κ1) is 14.8. The second-order valence-corrected chi connectivity index (χ2v) is 4.83. The molecule has 0 amide bonds. The summed E-state index contributed by atoms with van der Waals surface area (Å²) in [5.74, 6) is -0.165. The lowest BCUT2D eigenvalue weighted by Gasteiger charge is -2.05. The topological polar surface area (TPSA) is 82.8 Å². The molecular formula is C16H15N5O2. The average Bonchev–Trinajstić information content (AvgIpc) is 3.05. The van der Waals surface area contributed by atoms with Gasteiger partial charge < -0.3 is 4.74 Å². The predicted octanol–water partition coefficient (Wildman–Crippen LogP) is 2.21. The molecule has 1 aromatic carbocycles. The maximum absolute atomic E-state index is 11.7. The summed E-state index contributed by atoms with van der Waals surface area (Å²) in [6.45, 7) is 3.89. The van der Waals surface area contributed by atoms with Gasteiger partial charge in [-0.25, -0.2) is 14.8 Å². The van der Waals surface area contributed by atoms with E-state index in [1.165, 1.54) is 10.9 Å². The van der Waals surface area contributed by atoms with Gasteiger partial charge >= 0.3 is 5.97 Å². The standard InChI is InChI=1S/C16H15N5O2/c1-3-23-15(22)14-10-21(20-19-14)16-17-11(2)9-13(18-16)12-7-5-4-6-8-12/h4-10H,3H2,1-2H3. The first-order valence-electron chi connectivity index (χ1n) is 7.18. The van der Waals surface area contributed by atoms with Gasteiger partial charge in [0.2, 0.25) is 0 Å². The summed E-state index contributed by atoms with van der Waals surface area (Å²) in [5.41, 5.74) is 2.67. The zero-order valence-electron chi connectivity index (χ0n) is 12.8. The van der Waals surface area contributed by atoms with Crippen LogP contribution in [0.5, 0.6) is 0 Å². The van der Waals surface area contributed by atoms with Gasteiger partial charge in [0.1, 0.15) is 0 Å². The molecule has 23 heavy (non-hydrogen) atoms. The van der Waals surface area contributed by atoms with Crippen LogP contribution in [0, 0.1) is 6.92 Å². The summed E-state index contributed by atoms with van der Waals surface area (Å²) < 4.78 is 6.27. The highest BCUT2D eigenvalue weighted by Gasteiger charge is 2.14. The highest BCUT2D eigenvalue weighted by Crippen LogP contribution is 2.18. The van der Waals surface area contributed by atoms with Gasteiger partial charge in [-0.15, -0.1) is 5.10 Å². The van der Waals surface area contributed by atoms with Gasteiger partial charge in [-0.2, -0.15) is 4.68 Å². The van der Waals surface area contributed by atoms with E-state index in [1.807, 2.05) is 43.3 Å². The Hall–Kier alpha value is -3.09. The Morgan fingerprint density at radius 3 is 2.74 bits per heavy atom. The van der Waals surface area contributed by atoms with Crippen LogP contribution in [-0.4, -0.2) is 37.5 Å². The SMILES string of the molecule is CCOC(=O)c1cn(-c2nc(C)cc(-c3ccccc3)n2)nn1. The van der Waals surface area contributed by atoms with Gasteiger partial charge in [0.25, 0.3) is 5.95 Å². The number of nitrogens with zero attached hydrogens (tertiary/aromatic N) is 5. The van der Waals surface area contributed by atoms with Crippen molar-refractivity contribution in [3.63, 3.8) is 0 Å². The maximum Gasteiger partial charge on any atom is 0.360 e. The fraction of sp³-hybridized carbons (Fsp3) is 0.188. The predicted molar refractivity (Wildman–Crippen MR) is 83.1 cm³/mol. The lowest BCUT2D eigenvalue weighted by Crippen LogP contribution is -2.05. The first-order chi connectivity index (χ1) is 11.2. The Balaban J connectivity index is 1.98. The van der Waals surface area contributed by atoms with E-state index in [4.69, 9.17) is 4.74 Å². The number of aromatic nitrogens is 5. The fourth-order valence-corrected chi connectivity index (χ4v) is 2.07. The lowest BCUT2D eigenvalue weighted by atomic mass is 10.1. The number of benzene rings is 1. The summed E-state index contributed by atoms with van der Waals surface area (Å²) in [6.07, 6.45) is 1.46. The molecule has 0 saturated heterocycles. The van der Waals surface area contributed by atoms with Crippen LogP contribution < -0.4 is 0 Å². The summed E-state index contributed by atoms with van der Waals surface area (Å²) in [4.78, 5) is 20.5. The summed E-state index contributed by atoms with van der Waals surface area (Å²) in [7, 11) is 0. The molecule has 0 bridgehead atoms. The number of hydrogen-bond donors (Lipinski definition) is 0. The van der Waals surface area contributed by atoms with Gasteiger partial charge in [0.15, 0.2) is 5.69 Å². The number of carbonyl (C=O) groups excluding carboxylic acids is 1. The number of hydrogen-bond acceptors (Lipinski definition) is 6. The van der Waals surface area contributed by atoms with E-state index in [0.717, 1.165) is 17.0 Å². The smallest absolute Gasteiger partial charge is 0.360 e. The van der Waals surface area contributed by atoms with Crippen molar-refractivity contribution in [2.75, 3.05) is 6.61 Å². The molecule has 2 aromatic heterocycles. The third-order valence-corrected chi connectivity index (χ3v) is 3.09. The van der Waals surface area contributed by atoms with Gasteiger partial charge in [-0.3, -0.25) is 0 Å². The second kappa shape index (κ2) is 6.35. The molecule has 0 fully saturated rings. The van der Waals surface area contributed by atoms with Gasteiger partial charge in [0.05, 0.1) is 18.5 Å². The summed E-state index contributed by atoms with van der Waals surface area (Å²) in [5, 5.41) is 7.71. The molecule has 0 spiro atoms. The molecule has 0 aliphatic rings. The molecule has 116 valence electrons. The van der Waals surface area contributed by atoms with Crippen molar-refractivity contribution in [2.24, 2.45) is 0 Å². The molecule has 2 heterocycles. The van der Waals surface area contributed by atoms with Gasteiger partial charge in [-0.05, 0) is 19.9 Å². The Morgan fingerprint density at radius 2 is 2.00 bits per heavy atom. The van der Waals surface area contributed by atoms with Gasteiger partial charge in [0, 0.05) is 11.3 Å². The van der Waals surface area contributed by atoms with Gasteiger partial charge in [-0.1, -0.05) is 35.5 Å². The Bertz CT molecular complexity index is 829. The van der Waals surface area contributed by atoms with E-state index in [1.54, 1.807) is 6.92 Å². The van der Waals surface area contributed by atoms with Crippen LogP contribution >= 0.6 is 0 Å². The summed E-state index contributed by atoms with van der Waals surface area (Å²) in [6, 6.07) is 11.7. The first-order valence-corrected chi connectivity index (χ1v) is 7.18. The molecule has 0 N–H and O–H groups in total. The number of rotatable bonds is 4. The van der Waals surface area contributed by atoms with Crippen LogP contribution in [0.4, 0.5) is 0 Å². The third kappa shape index (κ3) is 3.23. The molecule has 3 rings (SSSR count).